The van der Waals surface area contributed by atoms with Gasteiger partial charge in [-0.2, -0.15) is 0 Å². The van der Waals surface area contributed by atoms with E-state index >= 15 is 0 Å². The molecule has 1 saturated heterocycles. The normalized spacial score (nSPS) is 14.2. The summed E-state index contributed by atoms with van der Waals surface area (Å²) in [5.74, 6) is 0.684. The molecule has 1 fully saturated rings. The predicted octanol–water partition coefficient (Wildman–Crippen LogP) is 2.97. The molecule has 0 unspecified atom stereocenters. The third-order valence-electron chi connectivity index (χ3n) is 3.82. The van der Waals surface area contributed by atoms with Crippen LogP contribution in [0.5, 0.6) is 5.75 Å². The Balaban J connectivity index is 1.63. The zero-order valence-corrected chi connectivity index (χ0v) is 12.9. The Hall–Kier alpha value is -2.63. The second-order valence-electron chi connectivity index (χ2n) is 5.37. The smallest absolute Gasteiger partial charge is 0.227 e. The predicted molar refractivity (Wildman–Crippen MR) is 86.1 cm³/mol. The van der Waals surface area contributed by atoms with Crippen LogP contribution < -0.4 is 15.0 Å². The lowest BCUT2D eigenvalue weighted by molar-refractivity contribution is -0.117. The van der Waals surface area contributed by atoms with E-state index in [1.54, 1.807) is 23.2 Å². The lowest BCUT2D eigenvalue weighted by Gasteiger charge is -2.15. The monoisotopic (exact) mass is 315 g/mol. The molecule has 1 amide bonds. The van der Waals surface area contributed by atoms with E-state index in [0.717, 1.165) is 24.2 Å². The molecular formula is C17H18FN3O2. The van der Waals surface area contributed by atoms with Gasteiger partial charge in [-0.15, -0.1) is 0 Å². The van der Waals surface area contributed by atoms with Gasteiger partial charge in [0.1, 0.15) is 5.82 Å². The molecule has 1 aliphatic rings. The molecule has 23 heavy (non-hydrogen) atoms. The Morgan fingerprint density at radius 1 is 1.35 bits per heavy atom. The maximum absolute atomic E-state index is 13.4. The first-order valence-corrected chi connectivity index (χ1v) is 7.50. The Kier molecular flexibility index (Phi) is 4.41. The third-order valence-corrected chi connectivity index (χ3v) is 3.82. The summed E-state index contributed by atoms with van der Waals surface area (Å²) in [7, 11) is 1.44. The molecule has 0 aliphatic carbocycles. The number of aromatic nitrogens is 1. The van der Waals surface area contributed by atoms with Gasteiger partial charge < -0.3 is 15.0 Å². The van der Waals surface area contributed by atoms with Gasteiger partial charge in [0, 0.05) is 19.5 Å². The van der Waals surface area contributed by atoms with Crippen molar-refractivity contribution >= 4 is 17.4 Å². The highest BCUT2D eigenvalue weighted by atomic mass is 19.1. The fourth-order valence-electron chi connectivity index (χ4n) is 2.58. The molecule has 1 aromatic carbocycles. The molecular weight excluding hydrogens is 297 g/mol. The molecule has 3 rings (SSSR count). The first kappa shape index (κ1) is 15.3. The molecule has 2 aromatic rings. The van der Waals surface area contributed by atoms with Gasteiger partial charge in [-0.25, -0.2) is 9.37 Å². The van der Waals surface area contributed by atoms with E-state index in [-0.39, 0.29) is 17.5 Å². The summed E-state index contributed by atoms with van der Waals surface area (Å²) in [5.41, 5.74) is 1.71. The summed E-state index contributed by atoms with van der Waals surface area (Å²) >= 11 is 0. The van der Waals surface area contributed by atoms with Crippen molar-refractivity contribution in [3.05, 3.63) is 47.9 Å². The molecule has 1 N–H and O–H groups in total. The van der Waals surface area contributed by atoms with E-state index in [4.69, 9.17) is 4.74 Å². The summed E-state index contributed by atoms with van der Waals surface area (Å²) in [6, 6.07) is 8.44. The number of pyridine rings is 1. The Bertz CT molecular complexity index is 703. The van der Waals surface area contributed by atoms with Crippen molar-refractivity contribution in [2.45, 2.75) is 19.4 Å². The number of carbonyl (C=O) groups is 1. The van der Waals surface area contributed by atoms with E-state index in [1.807, 2.05) is 12.1 Å². The number of halogens is 1. The van der Waals surface area contributed by atoms with E-state index in [9.17, 15) is 9.18 Å². The highest BCUT2D eigenvalue weighted by Gasteiger charge is 2.21. The van der Waals surface area contributed by atoms with Crippen molar-refractivity contribution in [2.75, 3.05) is 23.9 Å². The number of hydrogen-bond donors (Lipinski definition) is 1. The molecule has 0 spiro atoms. The summed E-state index contributed by atoms with van der Waals surface area (Å²) in [6.45, 7) is 1.26. The summed E-state index contributed by atoms with van der Waals surface area (Å²) < 4.78 is 18.3. The van der Waals surface area contributed by atoms with Crippen molar-refractivity contribution in [3.63, 3.8) is 0 Å². The second-order valence-corrected chi connectivity index (χ2v) is 5.37. The summed E-state index contributed by atoms with van der Waals surface area (Å²) in [5, 5.41) is 3.17. The Morgan fingerprint density at radius 2 is 2.22 bits per heavy atom. The SMILES string of the molecule is COc1cc(CNc2ccc(N3CCCC3=O)cn2)ccc1F. The number of nitrogens with zero attached hydrogens (tertiary/aromatic N) is 2. The van der Waals surface area contributed by atoms with Crippen LogP contribution in [-0.4, -0.2) is 24.5 Å². The fraction of sp³-hybridized carbons (Fsp3) is 0.294. The quantitative estimate of drug-likeness (QED) is 0.921. The highest BCUT2D eigenvalue weighted by molar-refractivity contribution is 5.95. The van der Waals surface area contributed by atoms with E-state index in [2.05, 4.69) is 10.3 Å². The molecule has 0 radical (unpaired) electrons. The molecule has 2 heterocycles. The number of benzene rings is 1. The van der Waals surface area contributed by atoms with Crippen LogP contribution in [-0.2, 0) is 11.3 Å². The minimum atomic E-state index is -0.381. The lowest BCUT2D eigenvalue weighted by atomic mass is 10.2. The number of hydrogen-bond acceptors (Lipinski definition) is 4. The van der Waals surface area contributed by atoms with Gasteiger partial charge in [0.05, 0.1) is 19.0 Å². The van der Waals surface area contributed by atoms with Crippen LogP contribution in [0.2, 0.25) is 0 Å². The number of carbonyl (C=O) groups excluding carboxylic acids is 1. The van der Waals surface area contributed by atoms with Gasteiger partial charge in [-0.05, 0) is 36.2 Å². The molecule has 1 aliphatic heterocycles. The maximum atomic E-state index is 13.4. The second kappa shape index (κ2) is 6.64. The van der Waals surface area contributed by atoms with Crippen LogP contribution in [0.3, 0.4) is 0 Å². The van der Waals surface area contributed by atoms with Crippen LogP contribution in [0.25, 0.3) is 0 Å². The van der Waals surface area contributed by atoms with Crippen molar-refractivity contribution in [1.82, 2.24) is 4.98 Å². The molecule has 120 valence electrons. The van der Waals surface area contributed by atoms with Crippen molar-refractivity contribution in [2.24, 2.45) is 0 Å². The minimum Gasteiger partial charge on any atom is -0.494 e. The zero-order valence-electron chi connectivity index (χ0n) is 12.9. The number of rotatable bonds is 5. The molecule has 0 saturated carbocycles. The van der Waals surface area contributed by atoms with Crippen LogP contribution in [0.4, 0.5) is 15.9 Å². The zero-order chi connectivity index (χ0) is 16.2. The van der Waals surface area contributed by atoms with E-state index in [0.29, 0.717) is 18.8 Å². The number of anilines is 2. The van der Waals surface area contributed by atoms with Crippen LogP contribution in [0, 0.1) is 5.82 Å². The van der Waals surface area contributed by atoms with Crippen LogP contribution in [0.1, 0.15) is 18.4 Å². The minimum absolute atomic E-state index is 0.144. The summed E-state index contributed by atoms with van der Waals surface area (Å²) in [6.07, 6.45) is 3.19. The molecule has 5 nitrogen and oxygen atoms in total. The molecule has 1 aromatic heterocycles. The van der Waals surface area contributed by atoms with Gasteiger partial charge >= 0.3 is 0 Å². The molecule has 0 bridgehead atoms. The average molecular weight is 315 g/mol. The average Bonchev–Trinajstić information content (AvgIpc) is 3.00. The third kappa shape index (κ3) is 3.41. The molecule has 0 atom stereocenters. The van der Waals surface area contributed by atoms with Crippen molar-refractivity contribution in [3.8, 4) is 5.75 Å². The van der Waals surface area contributed by atoms with Gasteiger partial charge in [0.2, 0.25) is 5.91 Å². The van der Waals surface area contributed by atoms with Crippen molar-refractivity contribution < 1.29 is 13.9 Å². The van der Waals surface area contributed by atoms with E-state index in [1.165, 1.54) is 13.2 Å². The number of ether oxygens (including phenoxy) is 1. The van der Waals surface area contributed by atoms with E-state index < -0.39 is 0 Å². The van der Waals surface area contributed by atoms with Crippen LogP contribution >= 0.6 is 0 Å². The number of methoxy groups -OCH3 is 1. The largest absolute Gasteiger partial charge is 0.494 e. The topological polar surface area (TPSA) is 54.5 Å². The standard InChI is InChI=1S/C17H18FN3O2/c1-23-15-9-12(4-6-14(15)18)10-19-16-7-5-13(11-20-16)21-8-2-3-17(21)22/h4-7,9,11H,2-3,8,10H2,1H3,(H,19,20). The summed E-state index contributed by atoms with van der Waals surface area (Å²) in [4.78, 5) is 17.8. The van der Waals surface area contributed by atoms with Gasteiger partial charge in [-0.1, -0.05) is 6.07 Å². The van der Waals surface area contributed by atoms with Gasteiger partial charge in [0.25, 0.3) is 0 Å². The highest BCUT2D eigenvalue weighted by Crippen LogP contribution is 2.22. The number of amides is 1. The first-order valence-electron chi connectivity index (χ1n) is 7.50. The van der Waals surface area contributed by atoms with Gasteiger partial charge in [0.15, 0.2) is 11.6 Å². The van der Waals surface area contributed by atoms with Crippen LogP contribution in [0.15, 0.2) is 36.5 Å². The first-order chi connectivity index (χ1) is 11.2. The Labute approximate surface area is 134 Å². The van der Waals surface area contributed by atoms with Gasteiger partial charge in [-0.3, -0.25) is 4.79 Å². The van der Waals surface area contributed by atoms with Crippen molar-refractivity contribution in [1.29, 1.82) is 0 Å². The Morgan fingerprint density at radius 3 is 2.87 bits per heavy atom. The maximum Gasteiger partial charge on any atom is 0.227 e. The number of nitrogens with one attached hydrogen (secondary N) is 1. The fourth-order valence-corrected chi connectivity index (χ4v) is 2.58. The molecule has 6 heteroatoms. The lowest BCUT2D eigenvalue weighted by Crippen LogP contribution is -2.23.